The Hall–Kier alpha value is -2.48. The van der Waals surface area contributed by atoms with Crippen molar-refractivity contribution in [3.63, 3.8) is 0 Å². The topological polar surface area (TPSA) is 35.9 Å². The Morgan fingerprint density at radius 2 is 0.929 bits per heavy atom. The Balaban J connectivity index is 0.000000236. The van der Waals surface area contributed by atoms with Crippen LogP contribution in [0.4, 0.5) is 0 Å². The van der Waals surface area contributed by atoms with E-state index in [1.807, 2.05) is 30.3 Å². The van der Waals surface area contributed by atoms with E-state index < -0.39 is 0 Å². The van der Waals surface area contributed by atoms with Gasteiger partial charge >= 0.3 is 130 Å². The molecule has 1 aromatic heterocycles. The molecule has 0 bridgehead atoms. The monoisotopic (exact) mass is 550 g/mol. The van der Waals surface area contributed by atoms with Crippen LogP contribution in [0.15, 0.2) is 103 Å². The number of hydrogen-bond acceptors (Lipinski definition) is 1. The Morgan fingerprint density at radius 3 is 1.25 bits per heavy atom. The second-order valence-corrected chi connectivity index (χ2v) is 7.47. The van der Waals surface area contributed by atoms with E-state index in [1.54, 1.807) is 0 Å². The number of nitrogens with zero attached hydrogens (tertiary/aromatic N) is 2. The van der Waals surface area contributed by atoms with Crippen LogP contribution in [-0.2, 0) is 39.0 Å². The molecule has 3 aromatic carbocycles. The third-order valence-electron chi connectivity index (χ3n) is 4.34. The van der Waals surface area contributed by atoms with Crippen LogP contribution in [-0.4, -0.2) is 9.13 Å². The van der Waals surface area contributed by atoms with Crippen molar-refractivity contribution in [3.8, 4) is 0 Å². The number of nitrogens with two attached hydrogens (primary N) is 1. The van der Waals surface area contributed by atoms with Gasteiger partial charge in [-0.15, -0.1) is 0 Å². The maximum absolute atomic E-state index is 5.35. The molecule has 0 amide bonds. The molecule has 0 aliphatic rings. The first kappa shape index (κ1) is 20.3. The molecule has 4 heteroatoms. The van der Waals surface area contributed by atoms with Gasteiger partial charge in [0.25, 0.3) is 0 Å². The molecule has 2 N–H and O–H groups in total. The van der Waals surface area contributed by atoms with Gasteiger partial charge in [0.15, 0.2) is 0 Å². The predicted molar refractivity (Wildman–Crippen MR) is 111 cm³/mol. The van der Waals surface area contributed by atoms with Crippen molar-refractivity contribution >= 4 is 0 Å². The van der Waals surface area contributed by atoms with Crippen LogP contribution < -0.4 is 5.73 Å². The van der Waals surface area contributed by atoms with E-state index in [4.69, 9.17) is 5.73 Å². The summed E-state index contributed by atoms with van der Waals surface area (Å²) in [5, 5.41) is 0. The van der Waals surface area contributed by atoms with Crippen LogP contribution in [0, 0.1) is 3.80 Å². The zero-order valence-corrected chi connectivity index (χ0v) is 18.0. The molecule has 0 atom stereocenters. The summed E-state index contributed by atoms with van der Waals surface area (Å²) in [5.74, 6) is 0. The van der Waals surface area contributed by atoms with Crippen LogP contribution in [0.25, 0.3) is 0 Å². The summed E-state index contributed by atoms with van der Waals surface area (Å²) in [5.41, 5.74) is 9.19. The van der Waals surface area contributed by atoms with Gasteiger partial charge in [0, 0.05) is 6.54 Å². The van der Waals surface area contributed by atoms with Crippen molar-refractivity contribution in [2.45, 2.75) is 19.6 Å². The van der Waals surface area contributed by atoms with E-state index in [0.717, 1.165) is 13.1 Å². The fourth-order valence-electron chi connectivity index (χ4n) is 2.84. The van der Waals surface area contributed by atoms with Crippen molar-refractivity contribution in [2.24, 2.45) is 5.73 Å². The molecule has 0 spiro atoms. The number of rotatable bonds is 5. The molecule has 0 fully saturated rings. The second-order valence-electron chi connectivity index (χ2n) is 6.46. The van der Waals surface area contributed by atoms with Crippen LogP contribution in [0.5, 0.6) is 0 Å². The molecule has 0 aliphatic heterocycles. The molecule has 0 radical (unpaired) electrons. The zero-order chi connectivity index (χ0) is 19.6. The molecule has 146 valence electrons. The van der Waals surface area contributed by atoms with Crippen molar-refractivity contribution in [3.05, 3.63) is 124 Å². The molecule has 0 aliphatic carbocycles. The van der Waals surface area contributed by atoms with E-state index in [1.165, 1.54) is 20.5 Å². The van der Waals surface area contributed by atoms with Gasteiger partial charge in [0.1, 0.15) is 0 Å². The van der Waals surface area contributed by atoms with Crippen LogP contribution in [0.2, 0.25) is 0 Å². The molecular weight excluding hydrogens is 525 g/mol. The Morgan fingerprint density at radius 1 is 0.571 bits per heavy atom. The SMILES string of the molecule is NCc1ccccc1.[Pt]=[c]1n(Cc2ccccc2)ccn1Cc1ccccc1. The fourth-order valence-corrected chi connectivity index (χ4v) is 3.54. The Bertz CT molecular complexity index is 944. The summed E-state index contributed by atoms with van der Waals surface area (Å²) >= 11 is 2.40. The van der Waals surface area contributed by atoms with Gasteiger partial charge in [0.05, 0.1) is 0 Å². The van der Waals surface area contributed by atoms with Gasteiger partial charge in [-0.05, 0) is 5.56 Å². The summed E-state index contributed by atoms with van der Waals surface area (Å²) in [6, 6.07) is 31.1. The molecule has 4 aromatic rings. The first-order valence-electron chi connectivity index (χ1n) is 9.29. The summed E-state index contributed by atoms with van der Waals surface area (Å²) in [4.78, 5) is 0. The zero-order valence-electron chi connectivity index (χ0n) is 15.7. The minimum atomic E-state index is 0.640. The normalized spacial score (nSPS) is 10.2. The molecular formula is C24H25N3Pt. The average molecular weight is 551 g/mol. The second kappa shape index (κ2) is 10.7. The summed E-state index contributed by atoms with van der Waals surface area (Å²) in [7, 11) is 0. The molecule has 1 heterocycles. The number of benzene rings is 3. The first-order chi connectivity index (χ1) is 13.8. The van der Waals surface area contributed by atoms with Crippen LogP contribution in [0.1, 0.15) is 16.7 Å². The van der Waals surface area contributed by atoms with Crippen molar-refractivity contribution in [1.29, 1.82) is 0 Å². The van der Waals surface area contributed by atoms with E-state index >= 15 is 0 Å². The van der Waals surface area contributed by atoms with Crippen molar-refractivity contribution < 1.29 is 19.4 Å². The molecule has 3 nitrogen and oxygen atoms in total. The number of aromatic nitrogens is 2. The Kier molecular flexibility index (Phi) is 7.78. The van der Waals surface area contributed by atoms with Crippen molar-refractivity contribution in [1.82, 2.24) is 9.13 Å². The molecule has 4 rings (SSSR count). The van der Waals surface area contributed by atoms with Gasteiger partial charge in [-0.25, -0.2) is 0 Å². The molecule has 0 unspecified atom stereocenters. The predicted octanol–water partition coefficient (Wildman–Crippen LogP) is 4.61. The van der Waals surface area contributed by atoms with E-state index in [2.05, 4.69) is 102 Å². The van der Waals surface area contributed by atoms with E-state index in [-0.39, 0.29) is 0 Å². The minimum absolute atomic E-state index is 0.640. The summed E-state index contributed by atoms with van der Waals surface area (Å²) < 4.78 is 5.80. The quantitative estimate of drug-likeness (QED) is 0.387. The van der Waals surface area contributed by atoms with Gasteiger partial charge in [-0.2, -0.15) is 0 Å². The third kappa shape index (κ3) is 6.02. The van der Waals surface area contributed by atoms with Gasteiger partial charge in [0.2, 0.25) is 0 Å². The van der Waals surface area contributed by atoms with E-state index in [9.17, 15) is 0 Å². The number of imidazole rings is 1. The molecule has 0 saturated heterocycles. The standard InChI is InChI=1S/C17H16N2.C7H9N.Pt/c1-3-7-16(8-4-1)13-18-11-12-19(15-18)14-17-9-5-2-6-10-17;8-6-7-4-2-1-3-5-7;/h1-12H,13-14H2;1-5H,6,8H2;. The van der Waals surface area contributed by atoms with Gasteiger partial charge < -0.3 is 5.73 Å². The fraction of sp³-hybridized carbons (Fsp3) is 0.125. The third-order valence-corrected chi connectivity index (χ3v) is 5.64. The molecule has 0 saturated carbocycles. The first-order valence-corrected chi connectivity index (χ1v) is 10.4. The van der Waals surface area contributed by atoms with E-state index in [0.29, 0.717) is 6.54 Å². The number of hydrogen-bond donors (Lipinski definition) is 1. The Labute approximate surface area is 177 Å². The summed E-state index contributed by atoms with van der Waals surface area (Å²) in [6.07, 6.45) is 4.30. The average Bonchev–Trinajstić information content (AvgIpc) is 3.10. The summed E-state index contributed by atoms with van der Waals surface area (Å²) in [6.45, 7) is 2.48. The molecule has 28 heavy (non-hydrogen) atoms. The maximum atomic E-state index is 5.35. The van der Waals surface area contributed by atoms with Crippen LogP contribution >= 0.6 is 0 Å². The van der Waals surface area contributed by atoms with Gasteiger partial charge in [-0.3, -0.25) is 0 Å². The van der Waals surface area contributed by atoms with Gasteiger partial charge in [-0.1, -0.05) is 30.3 Å². The van der Waals surface area contributed by atoms with Crippen molar-refractivity contribution in [2.75, 3.05) is 0 Å². The van der Waals surface area contributed by atoms with Crippen LogP contribution in [0.3, 0.4) is 0 Å².